The van der Waals surface area contributed by atoms with Crippen LogP contribution in [0.4, 0.5) is 5.82 Å². The van der Waals surface area contributed by atoms with Gasteiger partial charge in [0, 0.05) is 6.07 Å². The molecule has 2 rings (SSSR count). The molecule has 0 amide bonds. The first-order chi connectivity index (χ1) is 8.84. The van der Waals surface area contributed by atoms with E-state index in [4.69, 9.17) is 10.5 Å². The Morgan fingerprint density at radius 3 is 2.21 bits per heavy atom. The van der Waals surface area contributed by atoms with Gasteiger partial charge in [-0.2, -0.15) is 4.98 Å². The molecule has 0 unspecified atom stereocenters. The van der Waals surface area contributed by atoms with Gasteiger partial charge < -0.3 is 10.5 Å². The van der Waals surface area contributed by atoms with Crippen molar-refractivity contribution in [2.24, 2.45) is 0 Å². The van der Waals surface area contributed by atoms with E-state index in [-0.39, 0.29) is 5.41 Å². The number of aryl methyl sites for hydroxylation is 1. The van der Waals surface area contributed by atoms with Gasteiger partial charge in [-0.05, 0) is 30.0 Å². The molecule has 0 spiro atoms. The fourth-order valence-corrected chi connectivity index (χ4v) is 1.76. The number of anilines is 1. The van der Waals surface area contributed by atoms with Gasteiger partial charge in [-0.25, -0.2) is 4.98 Å². The lowest BCUT2D eigenvalue weighted by molar-refractivity contribution is 0.459. The largest absolute Gasteiger partial charge is 0.439 e. The van der Waals surface area contributed by atoms with Crippen LogP contribution in [0, 0.1) is 6.92 Å². The first-order valence-electron chi connectivity index (χ1n) is 6.24. The smallest absolute Gasteiger partial charge is 0.224 e. The van der Waals surface area contributed by atoms with Crippen LogP contribution < -0.4 is 10.5 Å². The third-order valence-electron chi connectivity index (χ3n) is 2.78. The summed E-state index contributed by atoms with van der Waals surface area (Å²) in [5, 5.41) is 0. The second-order valence-corrected chi connectivity index (χ2v) is 5.55. The zero-order valence-electron chi connectivity index (χ0n) is 11.8. The lowest BCUT2D eigenvalue weighted by Gasteiger charge is -2.19. The number of hydrogen-bond acceptors (Lipinski definition) is 4. The standard InChI is InChI=1S/C15H19N3O/c1-10-17-13(16)9-14(18-10)19-12-7-5-11(6-8-12)15(2,3)4/h5-9H,1-4H3,(H2,16,17,18). The van der Waals surface area contributed by atoms with Gasteiger partial charge in [-0.1, -0.05) is 32.9 Å². The van der Waals surface area contributed by atoms with E-state index in [1.54, 1.807) is 13.0 Å². The number of aromatic nitrogens is 2. The fraction of sp³-hybridized carbons (Fsp3) is 0.333. The number of ether oxygens (including phenoxy) is 1. The number of hydrogen-bond donors (Lipinski definition) is 1. The second kappa shape index (κ2) is 4.88. The number of nitrogens with zero attached hydrogens (tertiary/aromatic N) is 2. The Bertz CT molecular complexity index is 551. The topological polar surface area (TPSA) is 61.0 Å². The summed E-state index contributed by atoms with van der Waals surface area (Å²) in [6.07, 6.45) is 0. The molecule has 0 bridgehead atoms. The van der Waals surface area contributed by atoms with Crippen LogP contribution in [-0.2, 0) is 5.41 Å². The van der Waals surface area contributed by atoms with Gasteiger partial charge >= 0.3 is 0 Å². The lowest BCUT2D eigenvalue weighted by Crippen LogP contribution is -2.10. The average molecular weight is 257 g/mol. The Kier molecular flexibility index (Phi) is 3.42. The fourth-order valence-electron chi connectivity index (χ4n) is 1.76. The third-order valence-corrected chi connectivity index (χ3v) is 2.78. The molecule has 0 aliphatic carbocycles. The Morgan fingerprint density at radius 2 is 1.68 bits per heavy atom. The number of benzene rings is 1. The average Bonchev–Trinajstić information content (AvgIpc) is 2.26. The number of nitrogens with two attached hydrogens (primary N) is 1. The molecule has 1 aromatic carbocycles. The summed E-state index contributed by atoms with van der Waals surface area (Å²) in [5.74, 6) is 2.22. The van der Waals surface area contributed by atoms with E-state index >= 15 is 0 Å². The highest BCUT2D eigenvalue weighted by molar-refractivity contribution is 5.37. The van der Waals surface area contributed by atoms with Crippen molar-refractivity contribution in [3.05, 3.63) is 41.7 Å². The zero-order chi connectivity index (χ0) is 14.0. The van der Waals surface area contributed by atoms with Gasteiger partial charge in [0.15, 0.2) is 0 Å². The van der Waals surface area contributed by atoms with Crippen molar-refractivity contribution in [2.75, 3.05) is 5.73 Å². The molecule has 2 N–H and O–H groups in total. The maximum Gasteiger partial charge on any atom is 0.224 e. The molecule has 1 aromatic heterocycles. The molecular formula is C15H19N3O. The van der Waals surface area contributed by atoms with E-state index in [1.165, 1.54) is 5.56 Å². The van der Waals surface area contributed by atoms with Gasteiger partial charge in [0.1, 0.15) is 17.4 Å². The normalized spacial score (nSPS) is 11.4. The Labute approximate surface area is 113 Å². The molecule has 0 aliphatic rings. The summed E-state index contributed by atoms with van der Waals surface area (Å²) in [5.41, 5.74) is 7.06. The van der Waals surface area contributed by atoms with Gasteiger partial charge in [0.2, 0.25) is 5.88 Å². The van der Waals surface area contributed by atoms with Crippen molar-refractivity contribution < 1.29 is 4.74 Å². The van der Waals surface area contributed by atoms with E-state index in [1.807, 2.05) is 12.1 Å². The minimum atomic E-state index is 0.133. The van der Waals surface area contributed by atoms with E-state index in [2.05, 4.69) is 42.9 Å². The summed E-state index contributed by atoms with van der Waals surface area (Å²) in [6.45, 7) is 8.32. The number of rotatable bonds is 2. The van der Waals surface area contributed by atoms with E-state index < -0.39 is 0 Å². The minimum absolute atomic E-state index is 0.133. The van der Waals surface area contributed by atoms with Crippen molar-refractivity contribution in [3.8, 4) is 11.6 Å². The number of nitrogen functional groups attached to an aromatic ring is 1. The van der Waals surface area contributed by atoms with Gasteiger partial charge in [-0.3, -0.25) is 0 Å². The summed E-state index contributed by atoms with van der Waals surface area (Å²) in [4.78, 5) is 8.20. The zero-order valence-corrected chi connectivity index (χ0v) is 11.8. The van der Waals surface area contributed by atoms with Crippen LogP contribution in [0.2, 0.25) is 0 Å². The van der Waals surface area contributed by atoms with Crippen molar-refractivity contribution in [3.63, 3.8) is 0 Å². The van der Waals surface area contributed by atoms with Crippen molar-refractivity contribution in [2.45, 2.75) is 33.1 Å². The molecule has 0 fully saturated rings. The second-order valence-electron chi connectivity index (χ2n) is 5.55. The molecule has 4 heteroatoms. The molecule has 0 atom stereocenters. The van der Waals surface area contributed by atoms with E-state index in [9.17, 15) is 0 Å². The van der Waals surface area contributed by atoms with Crippen LogP contribution in [0.25, 0.3) is 0 Å². The van der Waals surface area contributed by atoms with E-state index in [0.29, 0.717) is 17.5 Å². The van der Waals surface area contributed by atoms with Crippen LogP contribution in [0.5, 0.6) is 11.6 Å². The monoisotopic (exact) mass is 257 g/mol. The summed E-state index contributed by atoms with van der Waals surface area (Å²) in [6, 6.07) is 9.62. The van der Waals surface area contributed by atoms with Crippen LogP contribution in [0.3, 0.4) is 0 Å². The highest BCUT2D eigenvalue weighted by Gasteiger charge is 2.13. The van der Waals surface area contributed by atoms with Crippen LogP contribution in [0.1, 0.15) is 32.2 Å². The molecule has 2 aromatic rings. The van der Waals surface area contributed by atoms with Crippen molar-refractivity contribution in [1.82, 2.24) is 9.97 Å². The van der Waals surface area contributed by atoms with Gasteiger partial charge in [0.05, 0.1) is 0 Å². The van der Waals surface area contributed by atoms with Gasteiger partial charge in [0.25, 0.3) is 0 Å². The molecular weight excluding hydrogens is 238 g/mol. The lowest BCUT2D eigenvalue weighted by atomic mass is 9.87. The van der Waals surface area contributed by atoms with E-state index in [0.717, 1.165) is 5.75 Å². The summed E-state index contributed by atoms with van der Waals surface area (Å²) < 4.78 is 5.68. The van der Waals surface area contributed by atoms with Crippen LogP contribution >= 0.6 is 0 Å². The Morgan fingerprint density at radius 1 is 1.05 bits per heavy atom. The van der Waals surface area contributed by atoms with Gasteiger partial charge in [-0.15, -0.1) is 0 Å². The first kappa shape index (κ1) is 13.3. The minimum Gasteiger partial charge on any atom is -0.439 e. The summed E-state index contributed by atoms with van der Waals surface area (Å²) in [7, 11) is 0. The highest BCUT2D eigenvalue weighted by Crippen LogP contribution is 2.26. The van der Waals surface area contributed by atoms with Crippen LogP contribution in [0.15, 0.2) is 30.3 Å². The Balaban J connectivity index is 2.20. The maximum atomic E-state index is 5.68. The molecule has 0 saturated heterocycles. The quantitative estimate of drug-likeness (QED) is 0.895. The molecule has 100 valence electrons. The summed E-state index contributed by atoms with van der Waals surface area (Å²) >= 11 is 0. The molecule has 0 aliphatic heterocycles. The van der Waals surface area contributed by atoms with Crippen molar-refractivity contribution in [1.29, 1.82) is 0 Å². The molecule has 19 heavy (non-hydrogen) atoms. The predicted molar refractivity (Wildman–Crippen MR) is 76.4 cm³/mol. The highest BCUT2D eigenvalue weighted by atomic mass is 16.5. The third kappa shape index (κ3) is 3.44. The van der Waals surface area contributed by atoms with Crippen LogP contribution in [-0.4, -0.2) is 9.97 Å². The first-order valence-corrected chi connectivity index (χ1v) is 6.24. The predicted octanol–water partition coefficient (Wildman–Crippen LogP) is 3.46. The molecule has 0 saturated carbocycles. The SMILES string of the molecule is Cc1nc(N)cc(Oc2ccc(C(C)(C)C)cc2)n1. The van der Waals surface area contributed by atoms with Crippen molar-refractivity contribution >= 4 is 5.82 Å². The molecule has 1 heterocycles. The molecule has 0 radical (unpaired) electrons. The maximum absolute atomic E-state index is 5.68. The molecule has 4 nitrogen and oxygen atoms in total. The Hall–Kier alpha value is -2.10.